The van der Waals surface area contributed by atoms with Crippen LogP contribution >= 0.6 is 12.2 Å². The molecule has 0 saturated heterocycles. The number of thiocarbonyl (C=S) groups is 1. The van der Waals surface area contributed by atoms with Gasteiger partial charge >= 0.3 is 0 Å². The highest BCUT2D eigenvalue weighted by molar-refractivity contribution is 7.80. The number of carbonyl (C=O) groups excluding carboxylic acids is 1. The van der Waals surface area contributed by atoms with Gasteiger partial charge in [-0.25, -0.2) is 0 Å². The standard InChI is InChI=1S/C20H29N3O2S/c1-6-23(7-2)19(24)17-14(5)21-20(26)22-18(17)15-8-10-16(11-9-15)25-12-13(3)4/h8-11,13,18H,6-7,12H2,1-5H3,(H2,21,22,26)/t18-/m0/s1. The molecule has 0 fully saturated rings. The molecule has 0 unspecified atom stereocenters. The second kappa shape index (κ2) is 9.03. The number of carbonyl (C=O) groups is 1. The molecule has 0 radical (unpaired) electrons. The number of rotatable bonds is 7. The van der Waals surface area contributed by atoms with Gasteiger partial charge in [-0.05, 0) is 56.6 Å². The third kappa shape index (κ3) is 4.75. The summed E-state index contributed by atoms with van der Waals surface area (Å²) in [4.78, 5) is 14.8. The zero-order valence-electron chi connectivity index (χ0n) is 16.3. The van der Waals surface area contributed by atoms with Crippen molar-refractivity contribution in [2.45, 2.75) is 40.7 Å². The van der Waals surface area contributed by atoms with E-state index in [0.717, 1.165) is 17.0 Å². The first-order chi connectivity index (χ1) is 12.4. The van der Waals surface area contributed by atoms with E-state index in [9.17, 15) is 4.79 Å². The monoisotopic (exact) mass is 375 g/mol. The Hall–Kier alpha value is -2.08. The normalized spacial score (nSPS) is 17.0. The lowest BCUT2D eigenvalue weighted by Crippen LogP contribution is -2.47. The number of nitrogens with zero attached hydrogens (tertiary/aromatic N) is 1. The maximum atomic E-state index is 13.0. The fraction of sp³-hybridized carbons (Fsp3) is 0.500. The molecule has 0 aliphatic carbocycles. The lowest BCUT2D eigenvalue weighted by Gasteiger charge is -2.33. The van der Waals surface area contributed by atoms with Crippen LogP contribution < -0.4 is 15.4 Å². The van der Waals surface area contributed by atoms with E-state index in [2.05, 4.69) is 24.5 Å². The minimum absolute atomic E-state index is 0.0279. The third-order valence-corrected chi connectivity index (χ3v) is 4.57. The zero-order valence-corrected chi connectivity index (χ0v) is 17.1. The number of nitrogens with one attached hydrogen (secondary N) is 2. The predicted molar refractivity (Wildman–Crippen MR) is 109 cm³/mol. The lowest BCUT2D eigenvalue weighted by atomic mass is 9.94. The van der Waals surface area contributed by atoms with Crippen molar-refractivity contribution in [1.82, 2.24) is 15.5 Å². The Bertz CT molecular complexity index is 679. The summed E-state index contributed by atoms with van der Waals surface area (Å²) in [5.74, 6) is 1.33. The molecule has 1 heterocycles. The van der Waals surface area contributed by atoms with Crippen molar-refractivity contribution in [3.8, 4) is 5.75 Å². The van der Waals surface area contributed by atoms with Crippen molar-refractivity contribution in [3.63, 3.8) is 0 Å². The van der Waals surface area contributed by atoms with Crippen molar-refractivity contribution < 1.29 is 9.53 Å². The largest absolute Gasteiger partial charge is 0.493 e. The predicted octanol–water partition coefficient (Wildman–Crippen LogP) is 3.38. The SMILES string of the molecule is CCN(CC)C(=O)C1=C(C)NC(=S)N[C@H]1c1ccc(OCC(C)C)cc1. The molecular formula is C20H29N3O2S. The molecule has 0 saturated carbocycles. The van der Waals surface area contributed by atoms with Gasteiger partial charge < -0.3 is 20.3 Å². The first kappa shape index (κ1) is 20.2. The Balaban J connectivity index is 2.30. The quantitative estimate of drug-likeness (QED) is 0.716. The fourth-order valence-corrected chi connectivity index (χ4v) is 3.20. The zero-order chi connectivity index (χ0) is 19.3. The van der Waals surface area contributed by atoms with Crippen LogP contribution in [0.2, 0.25) is 0 Å². The van der Waals surface area contributed by atoms with E-state index in [1.807, 2.05) is 49.9 Å². The summed E-state index contributed by atoms with van der Waals surface area (Å²) in [6.07, 6.45) is 0. The highest BCUT2D eigenvalue weighted by Gasteiger charge is 2.31. The minimum Gasteiger partial charge on any atom is -0.493 e. The molecule has 142 valence electrons. The Labute approximate surface area is 161 Å². The van der Waals surface area contributed by atoms with Crippen molar-refractivity contribution in [1.29, 1.82) is 0 Å². The van der Waals surface area contributed by atoms with Crippen LogP contribution in [-0.2, 0) is 4.79 Å². The van der Waals surface area contributed by atoms with Gasteiger partial charge in [-0.3, -0.25) is 4.79 Å². The van der Waals surface area contributed by atoms with Crippen molar-refractivity contribution in [2.24, 2.45) is 5.92 Å². The Morgan fingerprint density at radius 1 is 1.23 bits per heavy atom. The van der Waals surface area contributed by atoms with E-state index in [4.69, 9.17) is 17.0 Å². The molecule has 0 aromatic heterocycles. The van der Waals surface area contributed by atoms with E-state index in [-0.39, 0.29) is 11.9 Å². The topological polar surface area (TPSA) is 53.6 Å². The summed E-state index contributed by atoms with van der Waals surface area (Å²) in [6, 6.07) is 7.60. The van der Waals surface area contributed by atoms with Gasteiger partial charge in [0.15, 0.2) is 5.11 Å². The van der Waals surface area contributed by atoms with Crippen LogP contribution in [0.5, 0.6) is 5.75 Å². The molecule has 1 amide bonds. The van der Waals surface area contributed by atoms with Crippen LogP contribution in [0.25, 0.3) is 0 Å². The van der Waals surface area contributed by atoms with Crippen molar-refractivity contribution in [2.75, 3.05) is 19.7 Å². The van der Waals surface area contributed by atoms with Crippen LogP contribution in [0.15, 0.2) is 35.5 Å². The van der Waals surface area contributed by atoms with E-state index in [1.165, 1.54) is 0 Å². The number of allylic oxidation sites excluding steroid dienone is 1. The van der Waals surface area contributed by atoms with E-state index in [1.54, 1.807) is 0 Å². The molecule has 1 aliphatic rings. The summed E-state index contributed by atoms with van der Waals surface area (Å²) in [7, 11) is 0. The molecule has 2 N–H and O–H groups in total. The number of benzene rings is 1. The summed E-state index contributed by atoms with van der Waals surface area (Å²) < 4.78 is 5.75. The Kier molecular flexibility index (Phi) is 7.03. The van der Waals surface area contributed by atoms with Gasteiger partial charge in [-0.1, -0.05) is 26.0 Å². The molecule has 2 rings (SSSR count). The van der Waals surface area contributed by atoms with Crippen molar-refractivity contribution >= 4 is 23.2 Å². The molecule has 26 heavy (non-hydrogen) atoms. The molecule has 1 aliphatic heterocycles. The van der Waals surface area contributed by atoms with Crippen LogP contribution in [0.4, 0.5) is 0 Å². The molecule has 5 nitrogen and oxygen atoms in total. The smallest absolute Gasteiger partial charge is 0.253 e. The highest BCUT2D eigenvalue weighted by Crippen LogP contribution is 2.29. The maximum Gasteiger partial charge on any atom is 0.253 e. The summed E-state index contributed by atoms with van der Waals surface area (Å²) in [5.41, 5.74) is 2.49. The fourth-order valence-electron chi connectivity index (χ4n) is 2.93. The minimum atomic E-state index is -0.268. The molecule has 1 atom stereocenters. The first-order valence-electron chi connectivity index (χ1n) is 9.17. The maximum absolute atomic E-state index is 13.0. The van der Waals surface area contributed by atoms with Gasteiger partial charge in [0.25, 0.3) is 5.91 Å². The third-order valence-electron chi connectivity index (χ3n) is 4.35. The average molecular weight is 376 g/mol. The van der Waals surface area contributed by atoms with Gasteiger partial charge in [-0.2, -0.15) is 0 Å². The average Bonchev–Trinajstić information content (AvgIpc) is 2.60. The number of hydrogen-bond donors (Lipinski definition) is 2. The summed E-state index contributed by atoms with van der Waals surface area (Å²) in [5, 5.41) is 6.86. The van der Waals surface area contributed by atoms with Gasteiger partial charge in [0.05, 0.1) is 18.2 Å². The van der Waals surface area contributed by atoms with Crippen LogP contribution in [0.1, 0.15) is 46.2 Å². The Morgan fingerprint density at radius 3 is 2.38 bits per heavy atom. The van der Waals surface area contributed by atoms with Gasteiger partial charge in [0.1, 0.15) is 5.75 Å². The highest BCUT2D eigenvalue weighted by atomic mass is 32.1. The van der Waals surface area contributed by atoms with Gasteiger partial charge in [-0.15, -0.1) is 0 Å². The molecule has 0 bridgehead atoms. The van der Waals surface area contributed by atoms with Crippen LogP contribution in [-0.4, -0.2) is 35.6 Å². The van der Waals surface area contributed by atoms with E-state index < -0.39 is 0 Å². The molecule has 0 spiro atoms. The second-order valence-corrected chi connectivity index (χ2v) is 7.23. The van der Waals surface area contributed by atoms with Gasteiger partial charge in [0, 0.05) is 18.8 Å². The van der Waals surface area contributed by atoms with Gasteiger partial charge in [0.2, 0.25) is 0 Å². The first-order valence-corrected chi connectivity index (χ1v) is 9.58. The molecular weight excluding hydrogens is 346 g/mol. The number of likely N-dealkylation sites (N-methyl/N-ethyl adjacent to an activating group) is 1. The molecule has 6 heteroatoms. The number of hydrogen-bond acceptors (Lipinski definition) is 3. The number of ether oxygens (including phenoxy) is 1. The molecule has 1 aromatic rings. The Morgan fingerprint density at radius 2 is 1.85 bits per heavy atom. The van der Waals surface area contributed by atoms with Crippen LogP contribution in [0, 0.1) is 5.92 Å². The van der Waals surface area contributed by atoms with Crippen molar-refractivity contribution in [3.05, 3.63) is 41.1 Å². The lowest BCUT2D eigenvalue weighted by molar-refractivity contribution is -0.127. The van der Waals surface area contributed by atoms with E-state index >= 15 is 0 Å². The number of amides is 1. The van der Waals surface area contributed by atoms with E-state index in [0.29, 0.717) is 36.3 Å². The second-order valence-electron chi connectivity index (χ2n) is 6.82. The van der Waals surface area contributed by atoms with Crippen LogP contribution in [0.3, 0.4) is 0 Å². The molecule has 1 aromatic carbocycles. The summed E-state index contributed by atoms with van der Waals surface area (Å²) >= 11 is 5.31. The summed E-state index contributed by atoms with van der Waals surface area (Å²) in [6.45, 7) is 12.1.